The zero-order valence-corrected chi connectivity index (χ0v) is 13.2. The highest BCUT2D eigenvalue weighted by Gasteiger charge is 2.22. The van der Waals surface area contributed by atoms with E-state index in [2.05, 4.69) is 0 Å². The fourth-order valence-electron chi connectivity index (χ4n) is 2.38. The summed E-state index contributed by atoms with van der Waals surface area (Å²) in [5.74, 6) is -0.107. The second kappa shape index (κ2) is 7.79. The molecule has 2 aromatic rings. The molecule has 1 atom stereocenters. The van der Waals surface area contributed by atoms with Crippen molar-refractivity contribution in [3.05, 3.63) is 65.7 Å². The van der Waals surface area contributed by atoms with Gasteiger partial charge in [0.05, 0.1) is 5.60 Å². The average molecular weight is 314 g/mol. The van der Waals surface area contributed by atoms with Crippen LogP contribution in [0.4, 0.5) is 0 Å². The summed E-state index contributed by atoms with van der Waals surface area (Å²) in [6.45, 7) is 2.20. The highest BCUT2D eigenvalue weighted by atomic mass is 16.5. The Hall–Kier alpha value is -2.33. The summed E-state index contributed by atoms with van der Waals surface area (Å²) in [4.78, 5) is 10.6. The zero-order chi connectivity index (χ0) is 16.7. The molecule has 0 bridgehead atoms. The summed E-state index contributed by atoms with van der Waals surface area (Å²) >= 11 is 0. The topological polar surface area (TPSA) is 66.8 Å². The number of hydrogen-bond donors (Lipinski definition) is 2. The van der Waals surface area contributed by atoms with Gasteiger partial charge in [0.2, 0.25) is 0 Å². The summed E-state index contributed by atoms with van der Waals surface area (Å²) in [5, 5.41) is 19.1. The molecule has 0 heterocycles. The molecule has 2 rings (SSSR count). The Morgan fingerprint density at radius 3 is 2.35 bits per heavy atom. The maximum atomic E-state index is 10.6. The molecule has 0 fully saturated rings. The summed E-state index contributed by atoms with van der Waals surface area (Å²) in [5.41, 5.74) is 0.820. The Morgan fingerprint density at radius 2 is 1.74 bits per heavy atom. The predicted octanol–water partition coefficient (Wildman–Crippen LogP) is 3.73. The standard InChI is InChI=1S/C19H22O4/c1-19(22,13-5-8-18(20)21)16-9-11-17(12-10-16)23-14-15-6-3-2-4-7-15/h2-4,6-7,9-12,22H,5,8,13-14H2,1H3,(H,20,21). The molecule has 0 spiro atoms. The molecule has 0 amide bonds. The van der Waals surface area contributed by atoms with Crippen LogP contribution in [0.5, 0.6) is 5.75 Å². The second-order valence-electron chi connectivity index (χ2n) is 5.82. The van der Waals surface area contributed by atoms with E-state index in [9.17, 15) is 9.90 Å². The Labute approximate surface area is 136 Å². The molecule has 0 aromatic heterocycles. The number of aliphatic carboxylic acids is 1. The molecule has 4 heteroatoms. The first-order chi connectivity index (χ1) is 11.0. The van der Waals surface area contributed by atoms with Crippen LogP contribution in [0.2, 0.25) is 0 Å². The van der Waals surface area contributed by atoms with Gasteiger partial charge in [-0.25, -0.2) is 0 Å². The quantitative estimate of drug-likeness (QED) is 0.779. The van der Waals surface area contributed by atoms with Crippen LogP contribution in [0.25, 0.3) is 0 Å². The van der Waals surface area contributed by atoms with Crippen molar-refractivity contribution in [3.63, 3.8) is 0 Å². The van der Waals surface area contributed by atoms with E-state index in [4.69, 9.17) is 9.84 Å². The minimum atomic E-state index is -1.03. The minimum absolute atomic E-state index is 0.0639. The lowest BCUT2D eigenvalue weighted by Crippen LogP contribution is -2.21. The number of carboxylic acids is 1. The van der Waals surface area contributed by atoms with Gasteiger partial charge in [-0.3, -0.25) is 4.79 Å². The first kappa shape index (κ1) is 17.0. The van der Waals surface area contributed by atoms with E-state index in [1.54, 1.807) is 6.92 Å². The van der Waals surface area contributed by atoms with Crippen molar-refractivity contribution in [2.75, 3.05) is 0 Å². The van der Waals surface area contributed by atoms with Gasteiger partial charge in [0.25, 0.3) is 0 Å². The Kier molecular flexibility index (Phi) is 5.77. The van der Waals surface area contributed by atoms with Gasteiger partial charge >= 0.3 is 5.97 Å². The average Bonchev–Trinajstić information content (AvgIpc) is 2.54. The van der Waals surface area contributed by atoms with E-state index >= 15 is 0 Å². The highest BCUT2D eigenvalue weighted by molar-refractivity contribution is 5.66. The molecule has 0 aliphatic carbocycles. The van der Waals surface area contributed by atoms with Gasteiger partial charge in [0.1, 0.15) is 12.4 Å². The minimum Gasteiger partial charge on any atom is -0.489 e. The van der Waals surface area contributed by atoms with Crippen LogP contribution in [-0.2, 0) is 17.0 Å². The second-order valence-corrected chi connectivity index (χ2v) is 5.82. The fourth-order valence-corrected chi connectivity index (χ4v) is 2.38. The van der Waals surface area contributed by atoms with Crippen molar-refractivity contribution >= 4 is 5.97 Å². The first-order valence-electron chi connectivity index (χ1n) is 7.69. The summed E-state index contributed by atoms with van der Waals surface area (Å²) < 4.78 is 5.71. The maximum absolute atomic E-state index is 10.6. The van der Waals surface area contributed by atoms with Gasteiger partial charge in [-0.15, -0.1) is 0 Å². The van der Waals surface area contributed by atoms with Gasteiger partial charge in [-0.2, -0.15) is 0 Å². The van der Waals surface area contributed by atoms with Crippen LogP contribution in [0.15, 0.2) is 54.6 Å². The lowest BCUT2D eigenvalue weighted by molar-refractivity contribution is -0.137. The number of ether oxygens (including phenoxy) is 1. The number of carboxylic acid groups (broad SMARTS) is 1. The Morgan fingerprint density at radius 1 is 1.09 bits per heavy atom. The maximum Gasteiger partial charge on any atom is 0.303 e. The summed E-state index contributed by atoms with van der Waals surface area (Å²) in [6.07, 6.45) is 0.909. The van der Waals surface area contributed by atoms with Crippen molar-refractivity contribution in [2.24, 2.45) is 0 Å². The lowest BCUT2D eigenvalue weighted by atomic mass is 9.90. The molecule has 4 nitrogen and oxygen atoms in total. The molecule has 122 valence electrons. The third-order valence-corrected chi connectivity index (χ3v) is 3.78. The Bertz CT molecular complexity index is 618. The van der Waals surface area contributed by atoms with Crippen LogP contribution in [0.1, 0.15) is 37.3 Å². The smallest absolute Gasteiger partial charge is 0.303 e. The van der Waals surface area contributed by atoms with Crippen LogP contribution in [-0.4, -0.2) is 16.2 Å². The third kappa shape index (κ3) is 5.42. The van der Waals surface area contributed by atoms with Gasteiger partial charge < -0.3 is 14.9 Å². The van der Waals surface area contributed by atoms with Crippen LogP contribution in [0.3, 0.4) is 0 Å². The van der Waals surface area contributed by atoms with E-state index in [-0.39, 0.29) is 6.42 Å². The monoisotopic (exact) mass is 314 g/mol. The summed E-state index contributed by atoms with van der Waals surface area (Å²) in [6, 6.07) is 17.2. The molecule has 1 unspecified atom stereocenters. The molecular weight excluding hydrogens is 292 g/mol. The van der Waals surface area contributed by atoms with E-state index in [0.29, 0.717) is 19.4 Å². The molecule has 2 N–H and O–H groups in total. The fraction of sp³-hybridized carbons (Fsp3) is 0.316. The summed E-state index contributed by atoms with van der Waals surface area (Å²) in [7, 11) is 0. The van der Waals surface area contributed by atoms with E-state index in [1.807, 2.05) is 54.6 Å². The van der Waals surface area contributed by atoms with Crippen LogP contribution < -0.4 is 4.74 Å². The van der Waals surface area contributed by atoms with Crippen molar-refractivity contribution in [1.29, 1.82) is 0 Å². The SMILES string of the molecule is CC(O)(CCCC(=O)O)c1ccc(OCc2ccccc2)cc1. The molecule has 0 aliphatic rings. The van der Waals surface area contributed by atoms with Gasteiger partial charge in [-0.1, -0.05) is 42.5 Å². The number of rotatable bonds is 8. The van der Waals surface area contributed by atoms with Gasteiger partial charge in [-0.05, 0) is 43.0 Å². The third-order valence-electron chi connectivity index (χ3n) is 3.78. The molecule has 0 aliphatic heterocycles. The largest absolute Gasteiger partial charge is 0.489 e. The van der Waals surface area contributed by atoms with Crippen LogP contribution >= 0.6 is 0 Å². The zero-order valence-electron chi connectivity index (χ0n) is 13.2. The number of hydrogen-bond acceptors (Lipinski definition) is 3. The lowest BCUT2D eigenvalue weighted by Gasteiger charge is -2.23. The van der Waals surface area contributed by atoms with Gasteiger partial charge in [0, 0.05) is 6.42 Å². The van der Waals surface area contributed by atoms with E-state index in [1.165, 1.54) is 0 Å². The normalized spacial score (nSPS) is 13.3. The highest BCUT2D eigenvalue weighted by Crippen LogP contribution is 2.28. The molecule has 0 radical (unpaired) electrons. The predicted molar refractivity (Wildman–Crippen MR) is 88.3 cm³/mol. The van der Waals surface area contributed by atoms with Crippen LogP contribution in [0, 0.1) is 0 Å². The van der Waals surface area contributed by atoms with Gasteiger partial charge in [0.15, 0.2) is 0 Å². The van der Waals surface area contributed by atoms with Crippen molar-refractivity contribution in [2.45, 2.75) is 38.4 Å². The number of aliphatic hydroxyl groups is 1. The first-order valence-corrected chi connectivity index (χ1v) is 7.69. The molecule has 23 heavy (non-hydrogen) atoms. The van der Waals surface area contributed by atoms with Crippen molar-refractivity contribution in [3.8, 4) is 5.75 Å². The van der Waals surface area contributed by atoms with Crippen molar-refractivity contribution in [1.82, 2.24) is 0 Å². The molecule has 2 aromatic carbocycles. The van der Waals surface area contributed by atoms with Crippen molar-refractivity contribution < 1.29 is 19.7 Å². The number of benzene rings is 2. The molecular formula is C19H22O4. The van der Waals surface area contributed by atoms with E-state index < -0.39 is 11.6 Å². The Balaban J connectivity index is 1.91. The van der Waals surface area contributed by atoms with E-state index in [0.717, 1.165) is 16.9 Å². The number of carbonyl (C=O) groups is 1. The molecule has 0 saturated carbocycles. The molecule has 0 saturated heterocycles.